The Bertz CT molecular complexity index is 550. The molecule has 2 rings (SSSR count). The molecule has 0 aromatic heterocycles. The molecular weight excluding hydrogens is 326 g/mol. The van der Waals surface area contributed by atoms with Crippen molar-refractivity contribution in [2.24, 2.45) is 0 Å². The first-order valence-corrected chi connectivity index (χ1v) is 8.52. The molecule has 2 aromatic carbocycles. The van der Waals surface area contributed by atoms with Crippen molar-refractivity contribution >= 4 is 41.7 Å². The van der Waals surface area contributed by atoms with Crippen molar-refractivity contribution in [1.82, 2.24) is 0 Å². The summed E-state index contributed by atoms with van der Waals surface area (Å²) in [7, 11) is 0. The monoisotopic (exact) mass is 334 g/mol. The van der Waals surface area contributed by atoms with Gasteiger partial charge in [-0.05, 0) is 48.5 Å². The molecule has 0 radical (unpaired) electrons. The lowest BCUT2D eigenvalue weighted by molar-refractivity contribution is 0.377. The van der Waals surface area contributed by atoms with Crippen molar-refractivity contribution in [3.8, 4) is 11.5 Å². The molecule has 0 heterocycles. The van der Waals surface area contributed by atoms with Crippen molar-refractivity contribution in [1.29, 1.82) is 0 Å². The van der Waals surface area contributed by atoms with E-state index in [4.69, 9.17) is 44.1 Å². The Morgan fingerprint density at radius 2 is 1.11 bits per heavy atom. The Hall–Kier alpha value is -0.770. The summed E-state index contributed by atoms with van der Waals surface area (Å²) >= 11 is 16.4. The summed E-state index contributed by atoms with van der Waals surface area (Å²) in [6, 6.07) is 12.9. The van der Waals surface area contributed by atoms with Crippen LogP contribution in [0, 0.1) is 0 Å². The van der Waals surface area contributed by atoms with Crippen molar-refractivity contribution in [2.75, 3.05) is 0 Å². The molecule has 3 nitrogen and oxygen atoms in total. The van der Waals surface area contributed by atoms with Gasteiger partial charge in [0.15, 0.2) is 0 Å². The molecule has 0 saturated heterocycles. The van der Waals surface area contributed by atoms with E-state index in [1.165, 1.54) is 0 Å². The average molecular weight is 335 g/mol. The fourth-order valence-corrected chi connectivity index (χ4v) is 2.86. The summed E-state index contributed by atoms with van der Waals surface area (Å²) in [6.45, 7) is -3.42. The highest BCUT2D eigenvalue weighted by Crippen LogP contribution is 2.44. The van der Waals surface area contributed by atoms with E-state index >= 15 is 0 Å². The number of halogens is 2. The fourth-order valence-electron chi connectivity index (χ4n) is 1.28. The van der Waals surface area contributed by atoms with Gasteiger partial charge in [-0.2, -0.15) is 0 Å². The molecule has 100 valence electrons. The molecule has 0 unspecified atom stereocenters. The summed E-state index contributed by atoms with van der Waals surface area (Å²) < 4.78 is 10.5. The molecule has 0 saturated carbocycles. The van der Waals surface area contributed by atoms with Crippen molar-refractivity contribution in [2.45, 2.75) is 0 Å². The predicted octanol–water partition coefficient (Wildman–Crippen LogP) is 4.67. The topological polar surface area (TPSA) is 38.7 Å². The molecule has 0 amide bonds. The maximum atomic E-state index is 9.98. The number of rotatable bonds is 4. The fraction of sp³-hybridized carbons (Fsp3) is 0. The van der Waals surface area contributed by atoms with Gasteiger partial charge in [-0.25, -0.2) is 0 Å². The van der Waals surface area contributed by atoms with Crippen LogP contribution in [0.5, 0.6) is 11.5 Å². The zero-order chi connectivity index (χ0) is 13.9. The summed E-state index contributed by atoms with van der Waals surface area (Å²) in [5.74, 6) is 0.786. The van der Waals surface area contributed by atoms with Crippen LogP contribution in [-0.2, 0) is 11.8 Å². The van der Waals surface area contributed by atoms with Crippen LogP contribution in [0.2, 0.25) is 10.0 Å². The van der Waals surface area contributed by atoms with E-state index in [0.717, 1.165) is 0 Å². The summed E-state index contributed by atoms with van der Waals surface area (Å²) in [6.07, 6.45) is 0. The highest BCUT2D eigenvalue weighted by atomic mass is 35.5. The number of benzene rings is 2. The normalized spacial score (nSPS) is 11.1. The molecule has 1 N–H and O–H groups in total. The van der Waals surface area contributed by atoms with Gasteiger partial charge in [0.25, 0.3) is 0 Å². The summed E-state index contributed by atoms with van der Waals surface area (Å²) in [5.41, 5.74) is 0. The van der Waals surface area contributed by atoms with Crippen LogP contribution in [0.15, 0.2) is 48.5 Å². The predicted molar refractivity (Wildman–Crippen MR) is 80.7 cm³/mol. The maximum absolute atomic E-state index is 9.98. The molecule has 2 aromatic rings. The molecule has 0 aliphatic rings. The third kappa shape index (κ3) is 4.68. The van der Waals surface area contributed by atoms with Gasteiger partial charge in [0.1, 0.15) is 11.5 Å². The minimum Gasteiger partial charge on any atom is -0.416 e. The van der Waals surface area contributed by atoms with E-state index in [2.05, 4.69) is 0 Å². The van der Waals surface area contributed by atoms with Crippen molar-refractivity contribution < 1.29 is 13.9 Å². The Labute approximate surface area is 125 Å². The van der Waals surface area contributed by atoms with E-state index < -0.39 is 6.72 Å². The molecule has 0 aliphatic heterocycles. The highest BCUT2D eigenvalue weighted by Gasteiger charge is 2.18. The zero-order valence-corrected chi connectivity index (χ0v) is 12.7. The van der Waals surface area contributed by atoms with Crippen molar-refractivity contribution in [3.05, 3.63) is 58.6 Å². The third-order valence-corrected chi connectivity index (χ3v) is 3.90. The van der Waals surface area contributed by atoms with Crippen LogP contribution < -0.4 is 9.05 Å². The van der Waals surface area contributed by atoms with Gasteiger partial charge in [0.2, 0.25) is 0 Å². The van der Waals surface area contributed by atoms with Gasteiger partial charge >= 0.3 is 6.72 Å². The Kier molecular flexibility index (Phi) is 4.71. The molecule has 19 heavy (non-hydrogen) atoms. The van der Waals surface area contributed by atoms with Gasteiger partial charge in [-0.3, -0.25) is 0 Å². The average Bonchev–Trinajstić information content (AvgIpc) is 2.34. The van der Waals surface area contributed by atoms with Gasteiger partial charge in [-0.15, -0.1) is 0 Å². The smallest absolute Gasteiger partial charge is 0.416 e. The standard InChI is InChI=1S/C12H9Cl2O3PS/c13-9-1-5-11(6-2-9)16-18(15,19)17-12-7-3-10(14)4-8-12/h1-8H,(H,15,19). The molecular formula is C12H9Cl2O3PS. The number of hydrogen-bond donors (Lipinski definition) is 1. The molecule has 0 fully saturated rings. The quantitative estimate of drug-likeness (QED) is 0.825. The lowest BCUT2D eigenvalue weighted by Gasteiger charge is -2.17. The molecule has 0 aliphatic carbocycles. The van der Waals surface area contributed by atoms with E-state index in [0.29, 0.717) is 21.5 Å². The second kappa shape index (κ2) is 6.12. The van der Waals surface area contributed by atoms with Crippen LogP contribution in [-0.4, -0.2) is 4.89 Å². The maximum Gasteiger partial charge on any atom is 0.432 e. The van der Waals surface area contributed by atoms with Gasteiger partial charge in [0.05, 0.1) is 0 Å². The van der Waals surface area contributed by atoms with E-state index in [1.807, 2.05) is 0 Å². The minimum atomic E-state index is -3.42. The second-order valence-corrected chi connectivity index (χ2v) is 7.12. The Morgan fingerprint density at radius 3 is 1.42 bits per heavy atom. The van der Waals surface area contributed by atoms with Crippen LogP contribution >= 0.6 is 29.9 Å². The summed E-state index contributed by atoms with van der Waals surface area (Å²) in [5, 5.41) is 1.13. The van der Waals surface area contributed by atoms with Crippen molar-refractivity contribution in [3.63, 3.8) is 0 Å². The molecule has 0 bridgehead atoms. The highest BCUT2D eigenvalue weighted by molar-refractivity contribution is 8.07. The van der Waals surface area contributed by atoms with Gasteiger partial charge in [-0.1, -0.05) is 23.2 Å². The van der Waals surface area contributed by atoms with Gasteiger partial charge in [0, 0.05) is 21.9 Å². The van der Waals surface area contributed by atoms with E-state index in [-0.39, 0.29) is 0 Å². The first kappa shape index (κ1) is 14.6. The second-order valence-electron chi connectivity index (χ2n) is 3.56. The van der Waals surface area contributed by atoms with E-state index in [9.17, 15) is 4.89 Å². The SMILES string of the molecule is OP(=S)(Oc1ccc(Cl)cc1)Oc1ccc(Cl)cc1. The van der Waals surface area contributed by atoms with E-state index in [1.54, 1.807) is 48.5 Å². The lowest BCUT2D eigenvalue weighted by atomic mass is 10.3. The number of hydrogen-bond acceptors (Lipinski definition) is 3. The molecule has 7 heteroatoms. The zero-order valence-electron chi connectivity index (χ0n) is 9.49. The Morgan fingerprint density at radius 1 is 0.789 bits per heavy atom. The lowest BCUT2D eigenvalue weighted by Crippen LogP contribution is -1.99. The summed E-state index contributed by atoms with van der Waals surface area (Å²) in [4.78, 5) is 9.98. The molecule has 0 spiro atoms. The first-order valence-electron chi connectivity index (χ1n) is 5.18. The minimum absolute atomic E-state index is 0.393. The van der Waals surface area contributed by atoms with Crippen LogP contribution in [0.25, 0.3) is 0 Å². The van der Waals surface area contributed by atoms with Gasteiger partial charge < -0.3 is 13.9 Å². The largest absolute Gasteiger partial charge is 0.432 e. The first-order chi connectivity index (χ1) is 8.94. The Balaban J connectivity index is 2.08. The van der Waals surface area contributed by atoms with Crippen LogP contribution in [0.1, 0.15) is 0 Å². The third-order valence-electron chi connectivity index (χ3n) is 2.07. The van der Waals surface area contributed by atoms with Crippen LogP contribution in [0.4, 0.5) is 0 Å². The van der Waals surface area contributed by atoms with Crippen LogP contribution in [0.3, 0.4) is 0 Å². The molecule has 0 atom stereocenters.